The van der Waals surface area contributed by atoms with E-state index in [1.165, 1.54) is 24.8 Å². The molecule has 1 aliphatic heterocycles. The number of anilines is 1. The zero-order valence-electron chi connectivity index (χ0n) is 18.1. The summed E-state index contributed by atoms with van der Waals surface area (Å²) in [5, 5.41) is 12.0. The molecule has 0 unspecified atom stereocenters. The first-order valence-corrected chi connectivity index (χ1v) is 10.3. The molecule has 0 radical (unpaired) electrons. The molecule has 2 aromatic carbocycles. The Labute approximate surface area is 192 Å². The highest BCUT2D eigenvalue weighted by atomic mass is 16.7. The first kappa shape index (κ1) is 21.1. The molecule has 2 aromatic heterocycles. The minimum atomic E-state index is -1.32. The maximum atomic E-state index is 12.6. The van der Waals surface area contributed by atoms with E-state index < -0.39 is 23.4 Å². The number of aromatic nitrogens is 3. The van der Waals surface area contributed by atoms with Crippen LogP contribution < -0.4 is 10.9 Å². The fraction of sp³-hybridized carbons (Fsp3) is 0.125. The van der Waals surface area contributed by atoms with Crippen molar-refractivity contribution in [3.8, 4) is 16.9 Å². The molecule has 10 nitrogen and oxygen atoms in total. The van der Waals surface area contributed by atoms with E-state index >= 15 is 0 Å². The number of rotatable bonds is 4. The topological polar surface area (TPSA) is 126 Å². The predicted octanol–water partition coefficient (Wildman–Crippen LogP) is 3.17. The Hall–Kier alpha value is -4.73. The van der Waals surface area contributed by atoms with E-state index in [2.05, 4.69) is 15.5 Å². The summed E-state index contributed by atoms with van der Waals surface area (Å²) in [7, 11) is 0. The molecule has 4 aromatic rings. The molecule has 0 saturated carbocycles. The van der Waals surface area contributed by atoms with Gasteiger partial charge < -0.3 is 19.2 Å². The van der Waals surface area contributed by atoms with Gasteiger partial charge in [0.05, 0.1) is 6.20 Å². The Morgan fingerprint density at radius 3 is 2.44 bits per heavy atom. The Kier molecular flexibility index (Phi) is 4.97. The molecule has 1 aliphatic rings. The minimum absolute atomic E-state index is 0.160. The van der Waals surface area contributed by atoms with Crippen molar-refractivity contribution in [1.29, 1.82) is 0 Å². The smallest absolute Gasteiger partial charge is 0.364 e. The van der Waals surface area contributed by atoms with Gasteiger partial charge in [-0.1, -0.05) is 30.3 Å². The van der Waals surface area contributed by atoms with Crippen molar-refractivity contribution in [2.75, 3.05) is 5.32 Å². The predicted molar refractivity (Wildman–Crippen MR) is 121 cm³/mol. The fourth-order valence-electron chi connectivity index (χ4n) is 3.38. The average Bonchev–Trinajstić information content (AvgIpc) is 3.28. The van der Waals surface area contributed by atoms with Crippen molar-refractivity contribution < 1.29 is 23.5 Å². The second kappa shape index (κ2) is 8.00. The van der Waals surface area contributed by atoms with Gasteiger partial charge in [0.2, 0.25) is 0 Å². The maximum absolute atomic E-state index is 12.6. The third-order valence-electron chi connectivity index (χ3n) is 4.99. The summed E-state index contributed by atoms with van der Waals surface area (Å²) in [6, 6.07) is 16.1. The van der Waals surface area contributed by atoms with E-state index in [1.807, 2.05) is 30.3 Å². The molecular formula is C24H18N4O6. The highest BCUT2D eigenvalue weighted by molar-refractivity contribution is 6.15. The number of carbonyl (C=O) groups excluding carboxylic acids is 2. The minimum Gasteiger partial charge on any atom is -0.421 e. The summed E-state index contributed by atoms with van der Waals surface area (Å²) < 4.78 is 15.6. The number of fused-ring (bicyclic) bond motifs is 1. The maximum Gasteiger partial charge on any atom is 0.364 e. The van der Waals surface area contributed by atoms with E-state index in [4.69, 9.17) is 13.9 Å². The van der Waals surface area contributed by atoms with Crippen molar-refractivity contribution >= 4 is 28.6 Å². The van der Waals surface area contributed by atoms with Gasteiger partial charge in [-0.2, -0.15) is 5.10 Å². The zero-order chi connectivity index (χ0) is 23.9. The first-order chi connectivity index (χ1) is 16.3. The Balaban J connectivity index is 1.41. The molecule has 0 spiro atoms. The summed E-state index contributed by atoms with van der Waals surface area (Å²) >= 11 is 0. The summed E-state index contributed by atoms with van der Waals surface area (Å²) in [6.45, 7) is 2.93. The van der Waals surface area contributed by atoms with Gasteiger partial charge in [0.1, 0.15) is 11.3 Å². The number of ether oxygens (including phenoxy) is 2. The lowest BCUT2D eigenvalue weighted by Crippen LogP contribution is -2.42. The van der Waals surface area contributed by atoms with Crippen molar-refractivity contribution in [3.63, 3.8) is 0 Å². The van der Waals surface area contributed by atoms with Crippen molar-refractivity contribution in [2.45, 2.75) is 19.6 Å². The van der Waals surface area contributed by atoms with Crippen LogP contribution in [-0.4, -0.2) is 32.7 Å². The van der Waals surface area contributed by atoms with Crippen LogP contribution in [0, 0.1) is 0 Å². The van der Waals surface area contributed by atoms with Crippen LogP contribution in [0.15, 0.2) is 81.8 Å². The number of nitrogens with one attached hydrogen (secondary N) is 1. The molecule has 5 rings (SSSR count). The molecule has 0 atom stereocenters. The van der Waals surface area contributed by atoms with Gasteiger partial charge in [-0.3, -0.25) is 0 Å². The summed E-state index contributed by atoms with van der Waals surface area (Å²) in [5.74, 6) is -2.92. The SMILES string of the molecule is CC1(C)OC(=O)C(=CNc2ccc3cc(-n4ncc(-c5ccccc5)n4)c(=O)oc3c2)C(=O)O1. The number of nitrogens with zero attached hydrogens (tertiary/aromatic N) is 3. The van der Waals surface area contributed by atoms with Gasteiger partial charge in [-0.15, -0.1) is 9.90 Å². The quantitative estimate of drug-likeness (QED) is 0.212. The van der Waals surface area contributed by atoms with Crippen molar-refractivity contribution in [2.24, 2.45) is 0 Å². The van der Waals surface area contributed by atoms with E-state index in [0.717, 1.165) is 5.56 Å². The standard InChI is InChI=1S/C24H18N4O6/c1-24(2)33-21(29)17(22(30)34-24)12-25-16-9-8-15-10-19(23(31)32-20(15)11-16)28-26-13-18(27-28)14-6-4-3-5-7-14/h3-13,25H,1-2H3. The van der Waals surface area contributed by atoms with E-state index in [1.54, 1.807) is 30.5 Å². The second-order valence-corrected chi connectivity index (χ2v) is 7.94. The van der Waals surface area contributed by atoms with Crippen molar-refractivity contribution in [3.05, 3.63) is 83.0 Å². The summed E-state index contributed by atoms with van der Waals surface area (Å²) in [4.78, 5) is 38.0. The van der Waals surface area contributed by atoms with Gasteiger partial charge in [-0.05, 0) is 18.2 Å². The zero-order valence-corrected chi connectivity index (χ0v) is 18.1. The molecule has 34 heavy (non-hydrogen) atoms. The fourth-order valence-corrected chi connectivity index (χ4v) is 3.38. The van der Waals surface area contributed by atoms with Crippen LogP contribution >= 0.6 is 0 Å². The van der Waals surface area contributed by atoms with E-state index in [-0.39, 0.29) is 11.3 Å². The molecule has 10 heteroatoms. The Morgan fingerprint density at radius 1 is 0.971 bits per heavy atom. The molecule has 0 aliphatic carbocycles. The largest absolute Gasteiger partial charge is 0.421 e. The van der Waals surface area contributed by atoms with Gasteiger partial charge in [0, 0.05) is 42.8 Å². The van der Waals surface area contributed by atoms with E-state index in [0.29, 0.717) is 22.4 Å². The summed E-state index contributed by atoms with van der Waals surface area (Å²) in [6.07, 6.45) is 2.76. The lowest BCUT2D eigenvalue weighted by Gasteiger charge is -2.29. The van der Waals surface area contributed by atoms with Crippen LogP contribution in [0.3, 0.4) is 0 Å². The highest BCUT2D eigenvalue weighted by Gasteiger charge is 2.38. The molecule has 0 bridgehead atoms. The number of esters is 2. The van der Waals surface area contributed by atoms with Gasteiger partial charge >= 0.3 is 17.6 Å². The molecule has 1 saturated heterocycles. The molecule has 1 N–H and O–H groups in total. The van der Waals surface area contributed by atoms with Gasteiger partial charge in [0.25, 0.3) is 5.79 Å². The van der Waals surface area contributed by atoms with Crippen LogP contribution in [0.4, 0.5) is 5.69 Å². The number of carbonyl (C=O) groups is 2. The molecule has 0 amide bonds. The van der Waals surface area contributed by atoms with Crippen LogP contribution in [0.2, 0.25) is 0 Å². The number of cyclic esters (lactones) is 2. The number of benzene rings is 2. The van der Waals surface area contributed by atoms with Gasteiger partial charge in [-0.25, -0.2) is 14.4 Å². The number of hydrogen-bond acceptors (Lipinski definition) is 9. The highest BCUT2D eigenvalue weighted by Crippen LogP contribution is 2.24. The van der Waals surface area contributed by atoms with Crippen LogP contribution in [0.1, 0.15) is 13.8 Å². The average molecular weight is 458 g/mol. The van der Waals surface area contributed by atoms with Crippen LogP contribution in [-0.2, 0) is 19.1 Å². The third-order valence-corrected chi connectivity index (χ3v) is 4.99. The molecule has 1 fully saturated rings. The second-order valence-electron chi connectivity index (χ2n) is 7.94. The Bertz CT molecular complexity index is 1500. The first-order valence-electron chi connectivity index (χ1n) is 10.3. The van der Waals surface area contributed by atoms with Gasteiger partial charge in [0.15, 0.2) is 11.3 Å². The Morgan fingerprint density at radius 2 is 1.71 bits per heavy atom. The lowest BCUT2D eigenvalue weighted by atomic mass is 10.2. The molecule has 170 valence electrons. The monoisotopic (exact) mass is 458 g/mol. The number of hydrogen-bond donors (Lipinski definition) is 1. The van der Waals surface area contributed by atoms with E-state index in [9.17, 15) is 14.4 Å². The summed E-state index contributed by atoms with van der Waals surface area (Å²) in [5.41, 5.74) is 1.52. The van der Waals surface area contributed by atoms with Crippen LogP contribution in [0.25, 0.3) is 27.9 Å². The normalized spacial score (nSPS) is 15.1. The molecule has 3 heterocycles. The third kappa shape index (κ3) is 4.04. The molecular weight excluding hydrogens is 440 g/mol. The van der Waals surface area contributed by atoms with Crippen molar-refractivity contribution in [1.82, 2.24) is 15.0 Å². The van der Waals surface area contributed by atoms with Crippen LogP contribution in [0.5, 0.6) is 0 Å². The lowest BCUT2D eigenvalue weighted by molar-refractivity contribution is -0.222.